The van der Waals surface area contributed by atoms with Crippen molar-refractivity contribution >= 4 is 11.6 Å². The summed E-state index contributed by atoms with van der Waals surface area (Å²) in [5.74, 6) is 1.44. The van der Waals surface area contributed by atoms with Gasteiger partial charge in [0.05, 0.1) is 6.61 Å². The number of hydrogen-bond donors (Lipinski definition) is 1. The van der Waals surface area contributed by atoms with E-state index in [1.807, 2.05) is 19.1 Å². The van der Waals surface area contributed by atoms with Gasteiger partial charge in [-0.05, 0) is 44.0 Å². The summed E-state index contributed by atoms with van der Waals surface area (Å²) >= 11 is 6.51. The molecule has 0 aliphatic rings. The van der Waals surface area contributed by atoms with Crippen LogP contribution in [0.3, 0.4) is 0 Å². The molecule has 0 atom stereocenters. The highest BCUT2D eigenvalue weighted by molar-refractivity contribution is 6.31. The molecule has 1 N–H and O–H groups in total. The summed E-state index contributed by atoms with van der Waals surface area (Å²) in [6.45, 7) is 9.13. The van der Waals surface area contributed by atoms with Crippen molar-refractivity contribution in [3.63, 3.8) is 0 Å². The highest BCUT2D eigenvalue weighted by atomic mass is 35.5. The third-order valence-electron chi connectivity index (χ3n) is 4.70. The molecule has 0 spiro atoms. The molecule has 0 saturated carbocycles. The first-order chi connectivity index (χ1) is 13.6. The Balaban J connectivity index is 1.93. The molecular weight excluding hydrogens is 370 g/mol. The third kappa shape index (κ3) is 7.73. The smallest absolute Gasteiger partial charge is 0.163 e. The van der Waals surface area contributed by atoms with Gasteiger partial charge >= 0.3 is 0 Å². The van der Waals surface area contributed by atoms with Crippen LogP contribution in [0, 0.1) is 6.92 Å². The molecule has 0 unspecified atom stereocenters. The molecule has 0 saturated heterocycles. The number of ether oxygens (including phenoxy) is 2. The van der Waals surface area contributed by atoms with Crippen LogP contribution >= 0.6 is 11.6 Å². The van der Waals surface area contributed by atoms with Gasteiger partial charge in [-0.15, -0.1) is 0 Å². The lowest BCUT2D eigenvalue weighted by Crippen LogP contribution is -2.15. The Morgan fingerprint density at radius 1 is 0.893 bits per heavy atom. The summed E-state index contributed by atoms with van der Waals surface area (Å²) in [5.41, 5.74) is 3.41. The Kier molecular flexibility index (Phi) is 10.2. The SMILES string of the molecule is CCCCCCCNCc1cc(OCC)c(OCc2ccc(C)cc2)cc1Cl. The van der Waals surface area contributed by atoms with Gasteiger partial charge in [0.25, 0.3) is 0 Å². The monoisotopic (exact) mass is 403 g/mol. The van der Waals surface area contributed by atoms with Crippen molar-refractivity contribution in [3.05, 3.63) is 58.1 Å². The number of unbranched alkanes of at least 4 members (excludes halogenated alkanes) is 4. The van der Waals surface area contributed by atoms with E-state index in [-0.39, 0.29) is 0 Å². The Morgan fingerprint density at radius 3 is 2.32 bits per heavy atom. The topological polar surface area (TPSA) is 30.5 Å². The second-order valence-electron chi connectivity index (χ2n) is 7.19. The lowest BCUT2D eigenvalue weighted by molar-refractivity contribution is 0.269. The summed E-state index contributed by atoms with van der Waals surface area (Å²) in [4.78, 5) is 0. The van der Waals surface area contributed by atoms with Crippen LogP contribution in [0.4, 0.5) is 0 Å². The first-order valence-electron chi connectivity index (χ1n) is 10.5. The average molecular weight is 404 g/mol. The van der Waals surface area contributed by atoms with Gasteiger partial charge in [-0.1, -0.05) is 74.0 Å². The van der Waals surface area contributed by atoms with Crippen molar-refractivity contribution in [3.8, 4) is 11.5 Å². The minimum absolute atomic E-state index is 0.492. The molecule has 0 bridgehead atoms. The third-order valence-corrected chi connectivity index (χ3v) is 5.05. The van der Waals surface area contributed by atoms with Crippen LogP contribution in [0.2, 0.25) is 5.02 Å². The summed E-state index contributed by atoms with van der Waals surface area (Å²) in [6, 6.07) is 12.2. The number of aryl methyl sites for hydroxylation is 1. The van der Waals surface area contributed by atoms with Crippen LogP contribution in [0.1, 0.15) is 62.6 Å². The van der Waals surface area contributed by atoms with Gasteiger partial charge in [0.2, 0.25) is 0 Å². The van der Waals surface area contributed by atoms with E-state index in [1.54, 1.807) is 0 Å². The number of hydrogen-bond acceptors (Lipinski definition) is 3. The molecule has 2 rings (SSSR count). The minimum Gasteiger partial charge on any atom is -0.490 e. The highest BCUT2D eigenvalue weighted by Gasteiger charge is 2.11. The fourth-order valence-corrected chi connectivity index (χ4v) is 3.24. The lowest BCUT2D eigenvalue weighted by atomic mass is 10.1. The Morgan fingerprint density at radius 2 is 1.61 bits per heavy atom. The average Bonchev–Trinajstić information content (AvgIpc) is 2.69. The van der Waals surface area contributed by atoms with Crippen molar-refractivity contribution in [2.45, 2.75) is 66.0 Å². The van der Waals surface area contributed by atoms with Crippen molar-refractivity contribution < 1.29 is 9.47 Å². The van der Waals surface area contributed by atoms with Gasteiger partial charge in [-0.3, -0.25) is 0 Å². The predicted octanol–water partition coefficient (Wildman–Crippen LogP) is 6.69. The second kappa shape index (κ2) is 12.7. The van der Waals surface area contributed by atoms with Crippen molar-refractivity contribution in [1.82, 2.24) is 5.32 Å². The standard InChI is InChI=1S/C24H34ClNO2/c1-4-6-7-8-9-14-26-17-21-15-23(27-5-2)24(16-22(21)25)28-18-20-12-10-19(3)11-13-20/h10-13,15-16,26H,4-9,14,17-18H2,1-3H3. The van der Waals surface area contributed by atoms with Gasteiger partial charge in [0.15, 0.2) is 11.5 Å². The van der Waals surface area contributed by atoms with Crippen molar-refractivity contribution in [2.75, 3.05) is 13.2 Å². The van der Waals surface area contributed by atoms with E-state index in [9.17, 15) is 0 Å². The number of rotatable bonds is 13. The number of halogens is 1. The number of benzene rings is 2. The fourth-order valence-electron chi connectivity index (χ4n) is 3.02. The van der Waals surface area contributed by atoms with Crippen LogP contribution in [-0.4, -0.2) is 13.2 Å². The molecule has 2 aromatic rings. The summed E-state index contributed by atoms with van der Waals surface area (Å²) in [6.07, 6.45) is 6.41. The Labute approximate surface area is 175 Å². The van der Waals surface area contributed by atoms with Gasteiger partial charge in [-0.25, -0.2) is 0 Å². The summed E-state index contributed by atoms with van der Waals surface area (Å²) in [5, 5.41) is 4.20. The van der Waals surface area contributed by atoms with Crippen LogP contribution in [0.15, 0.2) is 36.4 Å². The zero-order valence-corrected chi connectivity index (χ0v) is 18.3. The number of nitrogens with one attached hydrogen (secondary N) is 1. The van der Waals surface area contributed by atoms with Gasteiger partial charge in [0, 0.05) is 17.6 Å². The quantitative estimate of drug-likeness (QED) is 0.378. The van der Waals surface area contributed by atoms with E-state index in [0.717, 1.165) is 30.0 Å². The predicted molar refractivity (Wildman–Crippen MR) is 119 cm³/mol. The molecule has 0 aliphatic carbocycles. The molecule has 3 nitrogen and oxygen atoms in total. The maximum Gasteiger partial charge on any atom is 0.163 e. The van der Waals surface area contributed by atoms with Crippen LogP contribution in [0.25, 0.3) is 0 Å². The van der Waals surface area contributed by atoms with Gasteiger partial charge in [0.1, 0.15) is 6.61 Å². The van der Waals surface area contributed by atoms with Gasteiger partial charge < -0.3 is 14.8 Å². The molecule has 154 valence electrons. The van der Waals surface area contributed by atoms with E-state index in [4.69, 9.17) is 21.1 Å². The lowest BCUT2D eigenvalue weighted by Gasteiger charge is -2.15. The summed E-state index contributed by atoms with van der Waals surface area (Å²) < 4.78 is 11.8. The normalized spacial score (nSPS) is 10.9. The van der Waals surface area contributed by atoms with E-state index < -0.39 is 0 Å². The molecule has 0 aliphatic heterocycles. The maximum atomic E-state index is 6.51. The van der Waals surface area contributed by atoms with E-state index in [1.165, 1.54) is 37.7 Å². The minimum atomic E-state index is 0.492. The zero-order valence-electron chi connectivity index (χ0n) is 17.5. The zero-order chi connectivity index (χ0) is 20.2. The molecule has 2 aromatic carbocycles. The van der Waals surface area contributed by atoms with Gasteiger partial charge in [-0.2, -0.15) is 0 Å². The Hall–Kier alpha value is -1.71. The van der Waals surface area contributed by atoms with Crippen LogP contribution < -0.4 is 14.8 Å². The molecule has 4 heteroatoms. The maximum absolute atomic E-state index is 6.51. The molecule has 0 heterocycles. The molecule has 0 amide bonds. The molecule has 0 aromatic heterocycles. The Bertz CT molecular complexity index is 700. The van der Waals surface area contributed by atoms with E-state index in [2.05, 4.69) is 43.4 Å². The van der Waals surface area contributed by atoms with E-state index >= 15 is 0 Å². The van der Waals surface area contributed by atoms with Crippen LogP contribution in [-0.2, 0) is 13.2 Å². The van der Waals surface area contributed by atoms with Crippen molar-refractivity contribution in [1.29, 1.82) is 0 Å². The first-order valence-corrected chi connectivity index (χ1v) is 10.9. The fraction of sp³-hybridized carbons (Fsp3) is 0.500. The molecule has 0 radical (unpaired) electrons. The van der Waals surface area contributed by atoms with Crippen molar-refractivity contribution in [2.24, 2.45) is 0 Å². The first kappa shape index (κ1) is 22.6. The highest BCUT2D eigenvalue weighted by Crippen LogP contribution is 2.34. The second-order valence-corrected chi connectivity index (χ2v) is 7.60. The van der Waals surface area contributed by atoms with E-state index in [0.29, 0.717) is 24.0 Å². The van der Waals surface area contributed by atoms with Crippen LogP contribution in [0.5, 0.6) is 11.5 Å². The largest absolute Gasteiger partial charge is 0.490 e. The molecule has 0 fully saturated rings. The molecular formula is C24H34ClNO2. The molecule has 28 heavy (non-hydrogen) atoms. The summed E-state index contributed by atoms with van der Waals surface area (Å²) in [7, 11) is 0.